The molecule has 0 saturated carbocycles. The molecule has 0 spiro atoms. The van der Waals surface area contributed by atoms with Crippen LogP contribution in [0.4, 0.5) is 5.00 Å². The van der Waals surface area contributed by atoms with E-state index >= 15 is 0 Å². The Hall–Kier alpha value is -3.11. The molecule has 174 valence electrons. The summed E-state index contributed by atoms with van der Waals surface area (Å²) in [5.74, 6) is -1.66. The number of amides is 2. The number of anilines is 1. The molecule has 16 heteroatoms. The van der Waals surface area contributed by atoms with Crippen LogP contribution in [0.3, 0.4) is 0 Å². The molecule has 0 bridgehead atoms. The molecule has 0 aromatic carbocycles. The number of carbonyl (C=O) groups excluding carboxylic acids is 2. The largest absolute Gasteiger partial charge is 0.477 e. The van der Waals surface area contributed by atoms with Crippen LogP contribution in [0.15, 0.2) is 33.0 Å². The third kappa shape index (κ3) is 4.40. The molecule has 2 atom stereocenters. The monoisotopic (exact) mass is 510 g/mol. The Morgan fingerprint density at radius 2 is 2.27 bits per heavy atom. The zero-order valence-electron chi connectivity index (χ0n) is 17.3. The third-order valence-corrected chi connectivity index (χ3v) is 7.98. The maximum atomic E-state index is 12.9. The van der Waals surface area contributed by atoms with E-state index in [0.717, 1.165) is 0 Å². The van der Waals surface area contributed by atoms with Crippen molar-refractivity contribution in [2.45, 2.75) is 16.6 Å². The molecule has 2 aromatic heterocycles. The van der Waals surface area contributed by atoms with Gasteiger partial charge in [0.1, 0.15) is 24.2 Å². The number of carbonyl (C=O) groups is 3. The number of β-lactam (4-membered cyclic amide) rings is 1. The van der Waals surface area contributed by atoms with Crippen molar-refractivity contribution < 1.29 is 24.3 Å². The summed E-state index contributed by atoms with van der Waals surface area (Å²) in [6.45, 7) is 0. The Bertz CT molecular complexity index is 1180. The molecule has 0 radical (unpaired) electrons. The van der Waals surface area contributed by atoms with Gasteiger partial charge in [-0.3, -0.25) is 14.5 Å². The number of aryl methyl sites for hydroxylation is 1. The summed E-state index contributed by atoms with van der Waals surface area (Å²) in [4.78, 5) is 43.7. The van der Waals surface area contributed by atoms with Gasteiger partial charge in [0.05, 0.1) is 5.00 Å². The predicted octanol–water partition coefficient (Wildman–Crippen LogP) is -0.265. The number of fused-ring (bicyclic) bond motifs is 1. The first-order chi connectivity index (χ1) is 15.8. The SMILES string of the molecule is CO/N=C(\C(=O)N[C@H]1C(=O)N2C(C(=O)O)=C(CSc3nnnn3C)CS[C@@H]12)c1csc(N)c1. The number of carboxylic acids is 1. The second-order valence-electron chi connectivity index (χ2n) is 6.85. The molecule has 2 aromatic rings. The van der Waals surface area contributed by atoms with Crippen LogP contribution in [0.25, 0.3) is 0 Å². The molecule has 33 heavy (non-hydrogen) atoms. The van der Waals surface area contributed by atoms with E-state index in [1.54, 1.807) is 18.5 Å². The number of nitrogens with two attached hydrogens (primary N) is 1. The zero-order chi connectivity index (χ0) is 23.7. The standard InChI is InChI=1S/C17H18N8O5S3/c1-24-17(20-22-23-24)33-6-8-5-32-15-11(14(27)25(15)12(8)16(28)29)19-13(26)10(21-30-2)7-3-9(18)31-4-7/h3-4,11,15H,5-6,18H2,1-2H3,(H,19,26)(H,28,29)/b21-10-/t11-,15-/m0/s1. The minimum Gasteiger partial charge on any atom is -0.477 e. The molecular weight excluding hydrogens is 492 g/mol. The molecular formula is C17H18N8O5S3. The van der Waals surface area contributed by atoms with Crippen molar-refractivity contribution in [1.82, 2.24) is 30.4 Å². The van der Waals surface area contributed by atoms with Crippen molar-refractivity contribution in [2.75, 3.05) is 24.3 Å². The van der Waals surface area contributed by atoms with Crippen molar-refractivity contribution >= 4 is 63.4 Å². The number of nitrogens with one attached hydrogen (secondary N) is 1. The summed E-state index contributed by atoms with van der Waals surface area (Å²) >= 11 is 3.88. The smallest absolute Gasteiger partial charge is 0.352 e. The van der Waals surface area contributed by atoms with Crippen molar-refractivity contribution in [3.63, 3.8) is 0 Å². The molecule has 1 fully saturated rings. The number of carboxylic acid groups (broad SMARTS) is 1. The number of thioether (sulfide) groups is 2. The lowest BCUT2D eigenvalue weighted by molar-refractivity contribution is -0.150. The summed E-state index contributed by atoms with van der Waals surface area (Å²) in [6, 6.07) is 0.681. The highest BCUT2D eigenvalue weighted by molar-refractivity contribution is 8.01. The van der Waals surface area contributed by atoms with Crippen molar-refractivity contribution in [1.29, 1.82) is 0 Å². The number of hydrogen-bond acceptors (Lipinski definition) is 12. The number of oxime groups is 1. The third-order valence-electron chi connectivity index (χ3n) is 4.78. The number of thiophene rings is 1. The van der Waals surface area contributed by atoms with Gasteiger partial charge < -0.3 is 21.0 Å². The number of rotatable bonds is 8. The molecule has 4 heterocycles. The first kappa shape index (κ1) is 23.1. The Morgan fingerprint density at radius 3 is 2.88 bits per heavy atom. The molecule has 0 unspecified atom stereocenters. The number of aromatic nitrogens is 4. The molecule has 2 aliphatic heterocycles. The van der Waals surface area contributed by atoms with Crippen molar-refractivity contribution in [3.05, 3.63) is 28.3 Å². The lowest BCUT2D eigenvalue weighted by Crippen LogP contribution is -2.71. The van der Waals surface area contributed by atoms with Gasteiger partial charge >= 0.3 is 5.97 Å². The van der Waals surface area contributed by atoms with Crippen molar-refractivity contribution in [3.8, 4) is 0 Å². The summed E-state index contributed by atoms with van der Waals surface area (Å²) in [6.07, 6.45) is 0. The fourth-order valence-corrected chi connectivity index (χ4v) is 6.27. The zero-order valence-corrected chi connectivity index (χ0v) is 19.7. The summed E-state index contributed by atoms with van der Waals surface area (Å²) in [5.41, 5.74) is 6.66. The topological polar surface area (TPSA) is 178 Å². The number of tetrazole rings is 1. The van der Waals surface area contributed by atoms with E-state index in [0.29, 0.717) is 32.8 Å². The van der Waals surface area contributed by atoms with Crippen LogP contribution >= 0.6 is 34.9 Å². The fourth-order valence-electron chi connectivity index (χ4n) is 3.29. The van der Waals surface area contributed by atoms with Crippen LogP contribution in [0, 0.1) is 0 Å². The number of hydrogen-bond donors (Lipinski definition) is 3. The second kappa shape index (κ2) is 9.40. The maximum Gasteiger partial charge on any atom is 0.352 e. The number of nitrogens with zero attached hydrogens (tertiary/aromatic N) is 6. The molecule has 4 rings (SSSR count). The predicted molar refractivity (Wildman–Crippen MR) is 121 cm³/mol. The van der Waals surface area contributed by atoms with Crippen molar-refractivity contribution in [2.24, 2.45) is 12.2 Å². The van der Waals surface area contributed by atoms with Crippen LogP contribution < -0.4 is 11.1 Å². The maximum absolute atomic E-state index is 12.9. The first-order valence-electron chi connectivity index (χ1n) is 9.33. The summed E-state index contributed by atoms with van der Waals surface area (Å²) in [5, 5.41) is 29.5. The van der Waals surface area contributed by atoms with E-state index in [1.807, 2.05) is 0 Å². The highest BCUT2D eigenvalue weighted by atomic mass is 32.2. The van der Waals surface area contributed by atoms with E-state index < -0.39 is 29.2 Å². The van der Waals surface area contributed by atoms with E-state index in [9.17, 15) is 19.5 Å². The minimum atomic E-state index is -1.21. The van der Waals surface area contributed by atoms with E-state index in [1.165, 1.54) is 51.6 Å². The number of aliphatic carboxylic acids is 1. The molecule has 2 aliphatic rings. The Labute approximate surface area is 199 Å². The molecule has 4 N–H and O–H groups in total. The van der Waals surface area contributed by atoms with Crippen LogP contribution in [-0.2, 0) is 26.3 Å². The molecule has 13 nitrogen and oxygen atoms in total. The fraction of sp³-hybridized carbons (Fsp3) is 0.353. The van der Waals surface area contributed by atoms with Gasteiger partial charge in [0, 0.05) is 29.5 Å². The lowest BCUT2D eigenvalue weighted by atomic mass is 10.0. The number of nitrogen functional groups attached to an aromatic ring is 1. The normalized spacial score (nSPS) is 20.4. The van der Waals surface area contributed by atoms with E-state index in [-0.39, 0.29) is 11.4 Å². The van der Waals surface area contributed by atoms with Gasteiger partial charge in [-0.25, -0.2) is 9.48 Å². The van der Waals surface area contributed by atoms with Gasteiger partial charge in [0.15, 0.2) is 5.71 Å². The second-order valence-corrected chi connectivity index (χ2v) is 9.84. The van der Waals surface area contributed by atoms with Gasteiger partial charge in [-0.1, -0.05) is 16.9 Å². The summed E-state index contributed by atoms with van der Waals surface area (Å²) in [7, 11) is 2.98. The van der Waals surface area contributed by atoms with Crippen LogP contribution in [0.5, 0.6) is 0 Å². The quantitative estimate of drug-likeness (QED) is 0.184. The highest BCUT2D eigenvalue weighted by Gasteiger charge is 2.54. The van der Waals surface area contributed by atoms with E-state index in [2.05, 4.69) is 26.0 Å². The lowest BCUT2D eigenvalue weighted by Gasteiger charge is -2.49. The molecule has 0 aliphatic carbocycles. The Morgan fingerprint density at radius 1 is 1.48 bits per heavy atom. The van der Waals surface area contributed by atoms with Crippen LogP contribution in [0.2, 0.25) is 0 Å². The molecule has 1 saturated heterocycles. The minimum absolute atomic E-state index is 0.0270. The van der Waals surface area contributed by atoms with Gasteiger partial charge in [0.2, 0.25) is 5.16 Å². The average molecular weight is 511 g/mol. The van der Waals surface area contributed by atoms with Gasteiger partial charge in [0.25, 0.3) is 11.8 Å². The first-order valence-corrected chi connectivity index (χ1v) is 12.2. The Balaban J connectivity index is 1.49. The van der Waals surface area contributed by atoms with Crippen LogP contribution in [0.1, 0.15) is 5.56 Å². The highest BCUT2D eigenvalue weighted by Crippen LogP contribution is 2.41. The van der Waals surface area contributed by atoms with Gasteiger partial charge in [-0.05, 0) is 22.1 Å². The van der Waals surface area contributed by atoms with Crippen LogP contribution in [-0.4, -0.2) is 83.7 Å². The molecule has 2 amide bonds. The van der Waals surface area contributed by atoms with E-state index in [4.69, 9.17) is 10.6 Å². The average Bonchev–Trinajstić information content (AvgIpc) is 3.40. The summed E-state index contributed by atoms with van der Waals surface area (Å²) < 4.78 is 1.48. The van der Waals surface area contributed by atoms with Gasteiger partial charge in [-0.2, -0.15) is 0 Å². The Kier molecular flexibility index (Phi) is 6.57. The van der Waals surface area contributed by atoms with Gasteiger partial charge in [-0.15, -0.1) is 28.2 Å².